The smallest absolute Gasteiger partial charge is 0.0269 e. The van der Waals surface area contributed by atoms with Crippen LogP contribution in [0, 0.1) is 40.9 Å². The Labute approximate surface area is 148 Å². The lowest BCUT2D eigenvalue weighted by Gasteiger charge is -2.49. The van der Waals surface area contributed by atoms with E-state index in [0.29, 0.717) is 5.41 Å². The average molecular weight is 323 g/mol. The molecule has 0 radical (unpaired) electrons. The highest BCUT2D eigenvalue weighted by atomic mass is 14.5. The van der Waals surface area contributed by atoms with Crippen molar-refractivity contribution in [3.8, 4) is 0 Å². The monoisotopic (exact) mass is 322 g/mol. The molecule has 0 spiro atoms. The normalized spacial score (nSPS) is 31.8. The molecule has 138 valence electrons. The summed E-state index contributed by atoms with van der Waals surface area (Å²) in [5, 5.41) is 0. The molecule has 5 atom stereocenters. The average Bonchev–Trinajstić information content (AvgIpc) is 2.50. The minimum absolute atomic E-state index is 0.505. The van der Waals surface area contributed by atoms with Gasteiger partial charge in [0.25, 0.3) is 0 Å². The van der Waals surface area contributed by atoms with Crippen LogP contribution in [0.1, 0.15) is 107 Å². The minimum Gasteiger partial charge on any atom is -0.0648 e. The van der Waals surface area contributed by atoms with Gasteiger partial charge in [0.1, 0.15) is 0 Å². The van der Waals surface area contributed by atoms with Gasteiger partial charge in [-0.2, -0.15) is 0 Å². The summed E-state index contributed by atoms with van der Waals surface area (Å²) in [6, 6.07) is 0. The van der Waals surface area contributed by atoms with E-state index in [0.717, 1.165) is 35.5 Å². The first-order chi connectivity index (χ1) is 10.7. The maximum Gasteiger partial charge on any atom is -0.0269 e. The first-order valence-electron chi connectivity index (χ1n) is 10.7. The van der Waals surface area contributed by atoms with Crippen molar-refractivity contribution in [3.05, 3.63) is 0 Å². The molecule has 1 fully saturated rings. The van der Waals surface area contributed by atoms with E-state index in [4.69, 9.17) is 0 Å². The molecule has 0 aromatic heterocycles. The molecule has 0 aliphatic heterocycles. The van der Waals surface area contributed by atoms with E-state index >= 15 is 0 Å². The van der Waals surface area contributed by atoms with Crippen LogP contribution < -0.4 is 0 Å². The van der Waals surface area contributed by atoms with Crippen molar-refractivity contribution in [2.45, 2.75) is 107 Å². The van der Waals surface area contributed by atoms with Crippen LogP contribution >= 0.6 is 0 Å². The summed E-state index contributed by atoms with van der Waals surface area (Å²) in [6.45, 7) is 19.9. The van der Waals surface area contributed by atoms with Gasteiger partial charge in [-0.15, -0.1) is 0 Å². The second-order valence-corrected chi connectivity index (χ2v) is 9.73. The summed E-state index contributed by atoms with van der Waals surface area (Å²) < 4.78 is 0. The summed E-state index contributed by atoms with van der Waals surface area (Å²) in [5.41, 5.74) is 0.505. The molecule has 0 saturated heterocycles. The van der Waals surface area contributed by atoms with Gasteiger partial charge in [-0.25, -0.2) is 0 Å². The standard InChI is InChI=1S/C23H46/c1-9-23(8,20(7)17(2)3)22-16-12-14-19(6)13-10-11-15-21(22)18(4)5/h17-22H,9-16H2,1-8H3. The topological polar surface area (TPSA) is 0 Å². The fraction of sp³-hybridized carbons (Fsp3) is 1.00. The van der Waals surface area contributed by atoms with Gasteiger partial charge in [0.2, 0.25) is 0 Å². The molecular formula is C23H46. The van der Waals surface area contributed by atoms with Crippen molar-refractivity contribution in [3.63, 3.8) is 0 Å². The van der Waals surface area contributed by atoms with Crippen molar-refractivity contribution in [2.24, 2.45) is 40.9 Å². The fourth-order valence-electron chi connectivity index (χ4n) is 5.42. The zero-order valence-corrected chi connectivity index (χ0v) is 17.6. The van der Waals surface area contributed by atoms with E-state index in [1.807, 2.05) is 0 Å². The molecule has 5 unspecified atom stereocenters. The SMILES string of the molecule is CCC(C)(C(C)C(C)C)C1CCCC(C)CCCCC1C(C)C. The Morgan fingerprint density at radius 2 is 1.43 bits per heavy atom. The van der Waals surface area contributed by atoms with Crippen LogP contribution in [0.15, 0.2) is 0 Å². The van der Waals surface area contributed by atoms with Crippen molar-refractivity contribution in [1.29, 1.82) is 0 Å². The molecular weight excluding hydrogens is 276 g/mol. The van der Waals surface area contributed by atoms with Crippen molar-refractivity contribution < 1.29 is 0 Å². The number of hydrogen-bond donors (Lipinski definition) is 0. The Morgan fingerprint density at radius 1 is 0.870 bits per heavy atom. The molecule has 23 heavy (non-hydrogen) atoms. The third kappa shape index (κ3) is 5.50. The summed E-state index contributed by atoms with van der Waals surface area (Å²) in [7, 11) is 0. The summed E-state index contributed by atoms with van der Waals surface area (Å²) in [5.74, 6) is 5.23. The number of hydrogen-bond acceptors (Lipinski definition) is 0. The molecule has 1 rings (SSSR count). The summed E-state index contributed by atoms with van der Waals surface area (Å²) in [4.78, 5) is 0. The highest BCUT2D eigenvalue weighted by molar-refractivity contribution is 4.92. The van der Waals surface area contributed by atoms with Crippen LogP contribution in [-0.4, -0.2) is 0 Å². The Balaban J connectivity index is 3.08. The third-order valence-electron chi connectivity index (χ3n) is 7.72. The van der Waals surface area contributed by atoms with E-state index < -0.39 is 0 Å². The lowest BCUT2D eigenvalue weighted by Crippen LogP contribution is -2.41. The molecule has 0 heteroatoms. The molecule has 0 bridgehead atoms. The van der Waals surface area contributed by atoms with Crippen LogP contribution in [0.3, 0.4) is 0 Å². The molecule has 1 aliphatic carbocycles. The van der Waals surface area contributed by atoms with E-state index in [9.17, 15) is 0 Å². The van der Waals surface area contributed by atoms with E-state index in [1.165, 1.54) is 51.4 Å². The van der Waals surface area contributed by atoms with Gasteiger partial charge in [-0.3, -0.25) is 0 Å². The van der Waals surface area contributed by atoms with Crippen molar-refractivity contribution >= 4 is 0 Å². The Morgan fingerprint density at radius 3 is 1.96 bits per heavy atom. The predicted molar refractivity (Wildman–Crippen MR) is 106 cm³/mol. The molecule has 0 nitrogen and oxygen atoms in total. The highest BCUT2D eigenvalue weighted by Gasteiger charge is 2.42. The van der Waals surface area contributed by atoms with Gasteiger partial charge in [-0.1, -0.05) is 93.9 Å². The zero-order valence-electron chi connectivity index (χ0n) is 17.6. The second-order valence-electron chi connectivity index (χ2n) is 9.73. The minimum atomic E-state index is 0.505. The van der Waals surface area contributed by atoms with E-state index in [-0.39, 0.29) is 0 Å². The maximum atomic E-state index is 2.63. The van der Waals surface area contributed by atoms with Crippen LogP contribution in [0.4, 0.5) is 0 Å². The fourth-order valence-corrected chi connectivity index (χ4v) is 5.42. The molecule has 0 N–H and O–H groups in total. The maximum absolute atomic E-state index is 2.63. The predicted octanol–water partition coefficient (Wildman–Crippen LogP) is 7.96. The van der Waals surface area contributed by atoms with Crippen LogP contribution in [-0.2, 0) is 0 Å². The van der Waals surface area contributed by atoms with Gasteiger partial charge >= 0.3 is 0 Å². The molecule has 1 saturated carbocycles. The van der Waals surface area contributed by atoms with Gasteiger partial charge in [0, 0.05) is 0 Å². The molecule has 0 aromatic rings. The van der Waals surface area contributed by atoms with Gasteiger partial charge in [0.05, 0.1) is 0 Å². The number of rotatable bonds is 5. The third-order valence-corrected chi connectivity index (χ3v) is 7.72. The van der Waals surface area contributed by atoms with E-state index in [2.05, 4.69) is 55.4 Å². The van der Waals surface area contributed by atoms with Crippen molar-refractivity contribution in [2.75, 3.05) is 0 Å². The quantitative estimate of drug-likeness (QED) is 0.481. The van der Waals surface area contributed by atoms with E-state index in [1.54, 1.807) is 0 Å². The highest BCUT2D eigenvalue weighted by Crippen LogP contribution is 2.51. The van der Waals surface area contributed by atoms with Gasteiger partial charge < -0.3 is 0 Å². The first kappa shape index (κ1) is 21.0. The first-order valence-corrected chi connectivity index (χ1v) is 10.7. The molecule has 0 amide bonds. The Hall–Kier alpha value is 0. The van der Waals surface area contributed by atoms with Gasteiger partial charge in [-0.05, 0) is 53.8 Å². The lowest BCUT2D eigenvalue weighted by atomic mass is 9.56. The van der Waals surface area contributed by atoms with Crippen molar-refractivity contribution in [1.82, 2.24) is 0 Å². The Kier molecular flexibility index (Phi) is 8.67. The largest absolute Gasteiger partial charge is 0.0648 e. The molecule has 1 aliphatic rings. The summed E-state index contributed by atoms with van der Waals surface area (Å²) >= 11 is 0. The second kappa shape index (κ2) is 9.47. The summed E-state index contributed by atoms with van der Waals surface area (Å²) in [6.07, 6.45) is 11.6. The Bertz CT molecular complexity index is 316. The molecule has 0 aromatic carbocycles. The zero-order chi connectivity index (χ0) is 17.6. The lowest BCUT2D eigenvalue weighted by molar-refractivity contribution is 0.00111. The van der Waals surface area contributed by atoms with Crippen LogP contribution in [0.2, 0.25) is 0 Å². The van der Waals surface area contributed by atoms with Crippen LogP contribution in [0.5, 0.6) is 0 Å². The van der Waals surface area contributed by atoms with Crippen LogP contribution in [0.25, 0.3) is 0 Å². The van der Waals surface area contributed by atoms with Gasteiger partial charge in [0.15, 0.2) is 0 Å². The molecule has 0 heterocycles.